The van der Waals surface area contributed by atoms with Gasteiger partial charge in [0.15, 0.2) is 0 Å². The summed E-state index contributed by atoms with van der Waals surface area (Å²) in [5.41, 5.74) is 0.222. The molecule has 1 aliphatic heterocycles. The lowest BCUT2D eigenvalue weighted by Crippen LogP contribution is -2.53. The van der Waals surface area contributed by atoms with Crippen molar-refractivity contribution in [3.05, 3.63) is 0 Å². The molecule has 0 amide bonds. The molecule has 0 radical (unpaired) electrons. The first-order valence-corrected chi connectivity index (χ1v) is 6.62. The Balaban J connectivity index is 2.20. The van der Waals surface area contributed by atoms with Gasteiger partial charge in [-0.15, -0.1) is 0 Å². The van der Waals surface area contributed by atoms with Crippen LogP contribution in [0, 0.1) is 0 Å². The summed E-state index contributed by atoms with van der Waals surface area (Å²) in [6.07, 6.45) is 2.54. The maximum atomic E-state index is 5.53. The predicted octanol–water partition coefficient (Wildman–Crippen LogP) is 1.88. The van der Waals surface area contributed by atoms with E-state index in [0.29, 0.717) is 6.04 Å². The van der Waals surface area contributed by atoms with Crippen LogP contribution in [0.15, 0.2) is 0 Å². The summed E-state index contributed by atoms with van der Waals surface area (Å²) < 4.78 is 5.53. The fourth-order valence-electron chi connectivity index (χ4n) is 2.34. The highest BCUT2D eigenvalue weighted by atomic mass is 16.5. The first-order chi connectivity index (χ1) is 7.56. The minimum atomic E-state index is 0.222. The lowest BCUT2D eigenvalue weighted by Gasteiger charge is -2.42. The molecule has 1 unspecified atom stereocenters. The van der Waals surface area contributed by atoms with Gasteiger partial charge in [0.2, 0.25) is 0 Å². The Morgan fingerprint density at radius 2 is 2.19 bits per heavy atom. The number of rotatable bonds is 6. The molecule has 1 rings (SSSR count). The summed E-state index contributed by atoms with van der Waals surface area (Å²) in [5.74, 6) is 0. The number of ether oxygens (including phenoxy) is 1. The number of hydrogen-bond acceptors (Lipinski definition) is 3. The zero-order chi connectivity index (χ0) is 12.0. The van der Waals surface area contributed by atoms with Crippen molar-refractivity contribution in [2.24, 2.45) is 0 Å². The molecular weight excluding hydrogens is 200 g/mol. The molecule has 0 bridgehead atoms. The van der Waals surface area contributed by atoms with E-state index in [1.54, 1.807) is 0 Å². The van der Waals surface area contributed by atoms with Crippen LogP contribution < -0.4 is 5.32 Å². The molecule has 0 aromatic rings. The van der Waals surface area contributed by atoms with E-state index < -0.39 is 0 Å². The largest absolute Gasteiger partial charge is 0.378 e. The van der Waals surface area contributed by atoms with Crippen molar-refractivity contribution in [2.45, 2.75) is 52.1 Å². The van der Waals surface area contributed by atoms with E-state index in [4.69, 9.17) is 4.74 Å². The zero-order valence-corrected chi connectivity index (χ0v) is 11.4. The summed E-state index contributed by atoms with van der Waals surface area (Å²) in [6.45, 7) is 14.1. The fourth-order valence-corrected chi connectivity index (χ4v) is 2.34. The second kappa shape index (κ2) is 6.58. The normalized spacial score (nSPS) is 23.2. The quantitative estimate of drug-likeness (QED) is 0.751. The maximum Gasteiger partial charge on any atom is 0.0645 e. The topological polar surface area (TPSA) is 24.5 Å². The fraction of sp³-hybridized carbons (Fsp3) is 1.00. The molecule has 16 heavy (non-hydrogen) atoms. The molecule has 0 aliphatic carbocycles. The van der Waals surface area contributed by atoms with E-state index in [0.717, 1.165) is 26.3 Å². The molecule has 0 aromatic heterocycles. The second-order valence-electron chi connectivity index (χ2n) is 5.45. The lowest BCUT2D eigenvalue weighted by atomic mass is 10.0. The average molecular weight is 228 g/mol. The maximum absolute atomic E-state index is 5.53. The SMILES string of the molecule is CCNC(C)CCCN1CCOCC1(C)C. The third-order valence-electron chi connectivity index (χ3n) is 3.43. The molecule has 1 atom stereocenters. The summed E-state index contributed by atoms with van der Waals surface area (Å²) in [6, 6.07) is 0.647. The van der Waals surface area contributed by atoms with Gasteiger partial charge in [0.05, 0.1) is 13.2 Å². The molecule has 1 heterocycles. The second-order valence-corrected chi connectivity index (χ2v) is 5.45. The van der Waals surface area contributed by atoms with E-state index in [1.807, 2.05) is 0 Å². The van der Waals surface area contributed by atoms with Crippen molar-refractivity contribution in [3.63, 3.8) is 0 Å². The monoisotopic (exact) mass is 228 g/mol. The molecule has 1 aliphatic rings. The average Bonchev–Trinajstić information content (AvgIpc) is 2.21. The Hall–Kier alpha value is -0.120. The first kappa shape index (κ1) is 13.9. The van der Waals surface area contributed by atoms with E-state index in [2.05, 4.69) is 37.9 Å². The highest BCUT2D eigenvalue weighted by molar-refractivity contribution is 4.84. The van der Waals surface area contributed by atoms with Gasteiger partial charge in [-0.25, -0.2) is 0 Å². The van der Waals surface area contributed by atoms with Crippen molar-refractivity contribution < 1.29 is 4.74 Å². The van der Waals surface area contributed by atoms with Crippen LogP contribution in [0.5, 0.6) is 0 Å². The highest BCUT2D eigenvalue weighted by Gasteiger charge is 2.29. The van der Waals surface area contributed by atoms with Crippen LogP contribution in [0.4, 0.5) is 0 Å². The first-order valence-electron chi connectivity index (χ1n) is 6.62. The van der Waals surface area contributed by atoms with Gasteiger partial charge >= 0.3 is 0 Å². The van der Waals surface area contributed by atoms with Gasteiger partial charge in [0, 0.05) is 18.1 Å². The lowest BCUT2D eigenvalue weighted by molar-refractivity contribution is -0.0514. The summed E-state index contributed by atoms with van der Waals surface area (Å²) in [7, 11) is 0. The molecule has 0 aromatic carbocycles. The van der Waals surface area contributed by atoms with Gasteiger partial charge in [-0.1, -0.05) is 6.92 Å². The third kappa shape index (κ3) is 4.40. The molecular formula is C13H28N2O. The molecule has 1 fully saturated rings. The van der Waals surface area contributed by atoms with E-state index >= 15 is 0 Å². The Morgan fingerprint density at radius 3 is 2.81 bits per heavy atom. The molecule has 3 heteroatoms. The van der Waals surface area contributed by atoms with Crippen molar-refractivity contribution in [2.75, 3.05) is 32.8 Å². The van der Waals surface area contributed by atoms with Crippen molar-refractivity contribution in [3.8, 4) is 0 Å². The summed E-state index contributed by atoms with van der Waals surface area (Å²) >= 11 is 0. The Bertz CT molecular complexity index is 194. The minimum absolute atomic E-state index is 0.222. The number of nitrogens with one attached hydrogen (secondary N) is 1. The van der Waals surface area contributed by atoms with Gasteiger partial charge in [-0.3, -0.25) is 4.90 Å². The molecule has 1 N–H and O–H groups in total. The van der Waals surface area contributed by atoms with Crippen molar-refractivity contribution in [1.82, 2.24) is 10.2 Å². The Morgan fingerprint density at radius 1 is 1.44 bits per heavy atom. The minimum Gasteiger partial charge on any atom is -0.378 e. The third-order valence-corrected chi connectivity index (χ3v) is 3.43. The van der Waals surface area contributed by atoms with Crippen LogP contribution in [-0.4, -0.2) is 49.3 Å². The standard InChI is InChI=1S/C13H28N2O/c1-5-14-12(2)7-6-8-15-9-10-16-11-13(15,3)4/h12,14H,5-11H2,1-4H3. The number of morpholine rings is 1. The van der Waals surface area contributed by atoms with E-state index in [-0.39, 0.29) is 5.54 Å². The van der Waals surface area contributed by atoms with Crippen molar-refractivity contribution in [1.29, 1.82) is 0 Å². The zero-order valence-electron chi connectivity index (χ0n) is 11.4. The van der Waals surface area contributed by atoms with Crippen molar-refractivity contribution >= 4 is 0 Å². The molecule has 3 nitrogen and oxygen atoms in total. The highest BCUT2D eigenvalue weighted by Crippen LogP contribution is 2.19. The van der Waals surface area contributed by atoms with Crippen LogP contribution in [0.3, 0.4) is 0 Å². The van der Waals surface area contributed by atoms with Gasteiger partial charge in [0.1, 0.15) is 0 Å². The van der Waals surface area contributed by atoms with Crippen LogP contribution >= 0.6 is 0 Å². The van der Waals surface area contributed by atoms with Gasteiger partial charge in [0.25, 0.3) is 0 Å². The van der Waals surface area contributed by atoms with Crippen LogP contribution in [0.1, 0.15) is 40.5 Å². The van der Waals surface area contributed by atoms with Gasteiger partial charge < -0.3 is 10.1 Å². The molecule has 0 saturated carbocycles. The van der Waals surface area contributed by atoms with Gasteiger partial charge in [-0.05, 0) is 46.7 Å². The van der Waals surface area contributed by atoms with E-state index in [1.165, 1.54) is 19.4 Å². The predicted molar refractivity (Wildman–Crippen MR) is 68.8 cm³/mol. The summed E-state index contributed by atoms with van der Waals surface area (Å²) in [4.78, 5) is 2.56. The van der Waals surface area contributed by atoms with Crippen LogP contribution in [-0.2, 0) is 4.74 Å². The Labute approximate surface area is 101 Å². The molecule has 0 spiro atoms. The molecule has 96 valence electrons. The van der Waals surface area contributed by atoms with Crippen LogP contribution in [0.25, 0.3) is 0 Å². The smallest absolute Gasteiger partial charge is 0.0645 e. The van der Waals surface area contributed by atoms with Crippen LogP contribution in [0.2, 0.25) is 0 Å². The Kier molecular flexibility index (Phi) is 5.73. The summed E-state index contributed by atoms with van der Waals surface area (Å²) in [5, 5.41) is 3.46. The molecule has 1 saturated heterocycles. The number of hydrogen-bond donors (Lipinski definition) is 1. The number of nitrogens with zero attached hydrogens (tertiary/aromatic N) is 1. The van der Waals surface area contributed by atoms with Gasteiger partial charge in [-0.2, -0.15) is 0 Å². The van der Waals surface area contributed by atoms with E-state index in [9.17, 15) is 0 Å².